The van der Waals surface area contributed by atoms with Crippen LogP contribution in [0.15, 0.2) is 17.5 Å². The third-order valence-electron chi connectivity index (χ3n) is 4.52. The smallest absolute Gasteiger partial charge is 0.0681 e. The summed E-state index contributed by atoms with van der Waals surface area (Å²) in [6, 6.07) is 4.25. The van der Waals surface area contributed by atoms with E-state index in [4.69, 9.17) is 4.74 Å². The van der Waals surface area contributed by atoms with Crippen molar-refractivity contribution in [2.75, 3.05) is 6.61 Å². The topological polar surface area (TPSA) is 29.5 Å². The second kappa shape index (κ2) is 4.71. The summed E-state index contributed by atoms with van der Waals surface area (Å²) in [7, 11) is 0. The van der Waals surface area contributed by atoms with Crippen LogP contribution in [0, 0.1) is 5.41 Å². The molecular weight excluding hydrogens is 232 g/mol. The van der Waals surface area contributed by atoms with E-state index < -0.39 is 0 Å². The normalized spacial score (nSPS) is 30.6. The molecule has 0 aromatic carbocycles. The molecule has 1 heterocycles. The Balaban J connectivity index is 1.49. The Labute approximate surface area is 107 Å². The highest BCUT2D eigenvalue weighted by molar-refractivity contribution is 7.09. The molecule has 1 N–H and O–H groups in total. The molecule has 17 heavy (non-hydrogen) atoms. The first kappa shape index (κ1) is 11.7. The number of aliphatic hydroxyl groups excluding tert-OH is 1. The van der Waals surface area contributed by atoms with E-state index in [1.54, 1.807) is 11.3 Å². The molecule has 0 bridgehead atoms. The van der Waals surface area contributed by atoms with Gasteiger partial charge in [0.1, 0.15) is 0 Å². The van der Waals surface area contributed by atoms with Gasteiger partial charge in [-0.05, 0) is 24.3 Å². The summed E-state index contributed by atoms with van der Waals surface area (Å²) < 4.78 is 6.01. The molecule has 1 aromatic rings. The monoisotopic (exact) mass is 252 g/mol. The predicted octanol–water partition coefficient (Wildman–Crippen LogP) is 3.00. The molecule has 1 spiro atoms. The second-order valence-corrected chi connectivity index (χ2v) is 6.41. The van der Waals surface area contributed by atoms with E-state index in [0.717, 1.165) is 32.3 Å². The molecule has 2 aliphatic carbocycles. The van der Waals surface area contributed by atoms with Crippen molar-refractivity contribution in [2.45, 2.75) is 50.7 Å². The number of thiophene rings is 1. The SMILES string of the molecule is OC1CC(OCCc2cccs2)C12CCCC2. The average Bonchev–Trinajstić information content (AvgIpc) is 3.00. The summed E-state index contributed by atoms with van der Waals surface area (Å²) in [6.07, 6.45) is 6.95. The van der Waals surface area contributed by atoms with Crippen molar-refractivity contribution in [1.29, 1.82) is 0 Å². The Bertz CT molecular complexity index is 354. The summed E-state index contributed by atoms with van der Waals surface area (Å²) >= 11 is 1.80. The lowest BCUT2D eigenvalue weighted by Gasteiger charge is -2.51. The molecular formula is C14H20O2S. The lowest BCUT2D eigenvalue weighted by Crippen LogP contribution is -2.56. The first-order valence-corrected chi connectivity index (χ1v) is 7.51. The fourth-order valence-electron chi connectivity index (χ4n) is 3.41. The first-order chi connectivity index (χ1) is 8.31. The first-order valence-electron chi connectivity index (χ1n) is 6.63. The molecule has 2 nitrogen and oxygen atoms in total. The van der Waals surface area contributed by atoms with E-state index in [9.17, 15) is 5.11 Å². The summed E-state index contributed by atoms with van der Waals surface area (Å²) in [5.41, 5.74) is 0.134. The zero-order chi connectivity index (χ0) is 11.7. The zero-order valence-electron chi connectivity index (χ0n) is 10.1. The summed E-state index contributed by atoms with van der Waals surface area (Å²) in [5, 5.41) is 12.1. The maximum atomic E-state index is 9.97. The van der Waals surface area contributed by atoms with Gasteiger partial charge in [0, 0.05) is 23.1 Å². The minimum atomic E-state index is -0.100. The number of hydrogen-bond donors (Lipinski definition) is 1. The summed E-state index contributed by atoms with van der Waals surface area (Å²) in [4.78, 5) is 1.39. The molecule has 0 saturated heterocycles. The molecule has 0 aliphatic heterocycles. The second-order valence-electron chi connectivity index (χ2n) is 5.38. The highest BCUT2D eigenvalue weighted by atomic mass is 32.1. The van der Waals surface area contributed by atoms with Gasteiger partial charge in [-0.3, -0.25) is 0 Å². The minimum absolute atomic E-state index is 0.100. The maximum absolute atomic E-state index is 9.97. The largest absolute Gasteiger partial charge is 0.392 e. The Hall–Kier alpha value is -0.380. The van der Waals surface area contributed by atoms with Crippen LogP contribution in [0.25, 0.3) is 0 Å². The van der Waals surface area contributed by atoms with Crippen LogP contribution in [0.3, 0.4) is 0 Å². The molecule has 0 amide bonds. The van der Waals surface area contributed by atoms with E-state index in [0.29, 0.717) is 6.10 Å². The van der Waals surface area contributed by atoms with Crippen molar-refractivity contribution in [2.24, 2.45) is 5.41 Å². The van der Waals surface area contributed by atoms with Crippen LogP contribution in [0.1, 0.15) is 37.0 Å². The van der Waals surface area contributed by atoms with E-state index in [-0.39, 0.29) is 11.5 Å². The molecule has 2 atom stereocenters. The maximum Gasteiger partial charge on any atom is 0.0681 e. The van der Waals surface area contributed by atoms with Gasteiger partial charge in [-0.2, -0.15) is 0 Å². The highest BCUT2D eigenvalue weighted by Gasteiger charge is 2.56. The Morgan fingerprint density at radius 3 is 2.88 bits per heavy atom. The van der Waals surface area contributed by atoms with Crippen molar-refractivity contribution in [3.63, 3.8) is 0 Å². The quantitative estimate of drug-likeness (QED) is 0.892. The third kappa shape index (κ3) is 2.05. The Morgan fingerprint density at radius 2 is 2.24 bits per heavy atom. The number of ether oxygens (including phenoxy) is 1. The lowest BCUT2D eigenvalue weighted by atomic mass is 9.62. The molecule has 94 valence electrons. The molecule has 2 fully saturated rings. The molecule has 2 unspecified atom stereocenters. The van der Waals surface area contributed by atoms with Crippen LogP contribution in [0.2, 0.25) is 0 Å². The molecule has 2 aliphatic rings. The van der Waals surface area contributed by atoms with Crippen molar-refractivity contribution in [3.05, 3.63) is 22.4 Å². The average molecular weight is 252 g/mol. The predicted molar refractivity (Wildman–Crippen MR) is 69.3 cm³/mol. The van der Waals surface area contributed by atoms with Crippen LogP contribution in [-0.2, 0) is 11.2 Å². The standard InChI is InChI=1S/C14H20O2S/c15-12-10-13(14(12)6-1-2-7-14)16-8-5-11-4-3-9-17-11/h3-4,9,12-13,15H,1-2,5-8,10H2. The fraction of sp³-hybridized carbons (Fsp3) is 0.714. The highest BCUT2D eigenvalue weighted by Crippen LogP contribution is 2.54. The van der Waals surface area contributed by atoms with E-state index in [1.165, 1.54) is 17.7 Å². The van der Waals surface area contributed by atoms with E-state index >= 15 is 0 Å². The van der Waals surface area contributed by atoms with Gasteiger partial charge >= 0.3 is 0 Å². The van der Waals surface area contributed by atoms with Crippen LogP contribution in [0.5, 0.6) is 0 Å². The van der Waals surface area contributed by atoms with E-state index in [1.807, 2.05) is 0 Å². The van der Waals surface area contributed by atoms with E-state index in [2.05, 4.69) is 17.5 Å². The van der Waals surface area contributed by atoms with Gasteiger partial charge in [0.2, 0.25) is 0 Å². The van der Waals surface area contributed by atoms with Gasteiger partial charge in [0.05, 0.1) is 18.8 Å². The van der Waals surface area contributed by atoms with Crippen molar-refractivity contribution < 1.29 is 9.84 Å². The van der Waals surface area contributed by atoms with Gasteiger partial charge in [-0.15, -0.1) is 11.3 Å². The molecule has 3 rings (SSSR count). The number of aliphatic hydroxyl groups is 1. The fourth-order valence-corrected chi connectivity index (χ4v) is 4.10. The molecule has 3 heteroatoms. The molecule has 0 radical (unpaired) electrons. The van der Waals surface area contributed by atoms with Gasteiger partial charge in [0.15, 0.2) is 0 Å². The van der Waals surface area contributed by atoms with Crippen molar-refractivity contribution in [3.8, 4) is 0 Å². The van der Waals surface area contributed by atoms with Crippen molar-refractivity contribution >= 4 is 11.3 Å². The van der Waals surface area contributed by atoms with Crippen LogP contribution >= 0.6 is 11.3 Å². The lowest BCUT2D eigenvalue weighted by molar-refractivity contribution is -0.189. The van der Waals surface area contributed by atoms with Gasteiger partial charge < -0.3 is 9.84 Å². The Kier molecular flexibility index (Phi) is 3.24. The molecule has 1 aromatic heterocycles. The third-order valence-corrected chi connectivity index (χ3v) is 5.46. The Morgan fingerprint density at radius 1 is 1.41 bits per heavy atom. The van der Waals surface area contributed by atoms with Crippen LogP contribution in [0.4, 0.5) is 0 Å². The zero-order valence-corrected chi connectivity index (χ0v) is 10.9. The van der Waals surface area contributed by atoms with Gasteiger partial charge in [-0.1, -0.05) is 18.9 Å². The van der Waals surface area contributed by atoms with Crippen LogP contribution < -0.4 is 0 Å². The van der Waals surface area contributed by atoms with Gasteiger partial charge in [-0.25, -0.2) is 0 Å². The number of rotatable bonds is 4. The van der Waals surface area contributed by atoms with Gasteiger partial charge in [0.25, 0.3) is 0 Å². The van der Waals surface area contributed by atoms with Crippen molar-refractivity contribution in [1.82, 2.24) is 0 Å². The van der Waals surface area contributed by atoms with Crippen LogP contribution in [-0.4, -0.2) is 23.9 Å². The molecule has 2 saturated carbocycles. The number of hydrogen-bond acceptors (Lipinski definition) is 3. The summed E-state index contributed by atoms with van der Waals surface area (Å²) in [5.74, 6) is 0. The minimum Gasteiger partial charge on any atom is -0.392 e. The summed E-state index contributed by atoms with van der Waals surface area (Å²) in [6.45, 7) is 0.805.